The average molecular weight is 361 g/mol. The second-order valence-electron chi connectivity index (χ2n) is 5.21. The maximum atomic E-state index is 12.1. The summed E-state index contributed by atoms with van der Waals surface area (Å²) in [5.41, 5.74) is 0.536. The Morgan fingerprint density at radius 1 is 1.44 bits per heavy atom. The molecule has 1 aromatic rings. The monoisotopic (exact) mass is 360 g/mol. The fraction of sp³-hybridized carbons (Fsp3) is 0.368. The van der Waals surface area contributed by atoms with E-state index in [4.69, 9.17) is 27.5 Å². The Labute approximate surface area is 153 Å². The first-order chi connectivity index (χ1) is 12.0. The van der Waals surface area contributed by atoms with Crippen LogP contribution < -0.4 is 14.8 Å². The number of nitrogens with zero attached hydrogens (tertiary/aromatic N) is 1. The molecule has 0 bridgehead atoms. The Morgan fingerprint density at radius 2 is 2.16 bits per heavy atom. The maximum Gasteiger partial charge on any atom is 0.262 e. The molecule has 1 atom stereocenters. The Balaban J connectivity index is 3.21. The molecule has 0 radical (unpaired) electrons. The van der Waals surface area contributed by atoms with Crippen LogP contribution in [0.5, 0.6) is 11.5 Å². The lowest BCUT2D eigenvalue weighted by atomic mass is 10.1. The van der Waals surface area contributed by atoms with E-state index < -0.39 is 5.91 Å². The molecule has 0 saturated heterocycles. The van der Waals surface area contributed by atoms with Gasteiger partial charge in [0.1, 0.15) is 18.2 Å². The van der Waals surface area contributed by atoms with Crippen molar-refractivity contribution >= 4 is 23.6 Å². The number of nitriles is 1. The highest BCUT2D eigenvalue weighted by Crippen LogP contribution is 2.37. The summed E-state index contributed by atoms with van der Waals surface area (Å²) in [6.45, 7) is 6.09. The summed E-state index contributed by atoms with van der Waals surface area (Å²) < 4.78 is 10.9. The Morgan fingerprint density at radius 3 is 2.72 bits per heavy atom. The summed E-state index contributed by atoms with van der Waals surface area (Å²) in [4.78, 5) is 12.1. The van der Waals surface area contributed by atoms with Crippen molar-refractivity contribution in [1.29, 1.82) is 5.26 Å². The van der Waals surface area contributed by atoms with E-state index in [9.17, 15) is 10.1 Å². The molecule has 0 unspecified atom stereocenters. The van der Waals surface area contributed by atoms with Gasteiger partial charge in [0.15, 0.2) is 11.5 Å². The van der Waals surface area contributed by atoms with Gasteiger partial charge in [-0.2, -0.15) is 5.26 Å². The van der Waals surface area contributed by atoms with Crippen LogP contribution in [0.1, 0.15) is 32.8 Å². The van der Waals surface area contributed by atoms with Crippen molar-refractivity contribution in [2.75, 3.05) is 13.2 Å². The quantitative estimate of drug-likeness (QED) is 0.437. The van der Waals surface area contributed by atoms with Crippen LogP contribution in [-0.4, -0.2) is 25.2 Å². The van der Waals surface area contributed by atoms with Crippen LogP contribution in [0.4, 0.5) is 0 Å². The molecule has 0 saturated carbocycles. The summed E-state index contributed by atoms with van der Waals surface area (Å²) in [5, 5.41) is 12.3. The molecule has 1 rings (SSSR count). The lowest BCUT2D eigenvalue weighted by Gasteiger charge is -2.13. The van der Waals surface area contributed by atoms with Crippen LogP contribution in [0.2, 0.25) is 5.02 Å². The number of terminal acetylenes is 1. The van der Waals surface area contributed by atoms with E-state index in [0.29, 0.717) is 23.7 Å². The minimum absolute atomic E-state index is 0.0175. The second-order valence-corrected chi connectivity index (χ2v) is 5.62. The van der Waals surface area contributed by atoms with Gasteiger partial charge in [0, 0.05) is 6.04 Å². The topological polar surface area (TPSA) is 71.3 Å². The number of amides is 1. The smallest absolute Gasteiger partial charge is 0.262 e. The molecule has 0 aliphatic rings. The summed E-state index contributed by atoms with van der Waals surface area (Å²) in [5.74, 6) is 2.66. The van der Waals surface area contributed by atoms with Crippen molar-refractivity contribution in [3.63, 3.8) is 0 Å². The van der Waals surface area contributed by atoms with Gasteiger partial charge in [0.25, 0.3) is 5.91 Å². The number of halogens is 1. The van der Waals surface area contributed by atoms with Gasteiger partial charge in [-0.3, -0.25) is 4.79 Å². The average Bonchev–Trinajstić information content (AvgIpc) is 2.59. The van der Waals surface area contributed by atoms with Crippen LogP contribution in [0.25, 0.3) is 6.08 Å². The van der Waals surface area contributed by atoms with Gasteiger partial charge in [0.2, 0.25) is 0 Å². The summed E-state index contributed by atoms with van der Waals surface area (Å²) >= 11 is 6.23. The molecule has 0 aromatic heterocycles. The maximum absolute atomic E-state index is 12.1. The molecular formula is C19H21ClN2O3. The number of ether oxygens (including phenoxy) is 2. The molecule has 0 spiro atoms. The first-order valence-corrected chi connectivity index (χ1v) is 8.29. The molecule has 0 heterocycles. The van der Waals surface area contributed by atoms with Gasteiger partial charge >= 0.3 is 0 Å². The number of nitrogens with one attached hydrogen (secondary N) is 1. The molecular weight excluding hydrogens is 340 g/mol. The van der Waals surface area contributed by atoms with E-state index in [-0.39, 0.29) is 23.2 Å². The minimum atomic E-state index is -0.432. The van der Waals surface area contributed by atoms with Crippen molar-refractivity contribution in [3.8, 4) is 29.9 Å². The third-order valence-corrected chi connectivity index (χ3v) is 3.58. The van der Waals surface area contributed by atoms with Gasteiger partial charge in [-0.05, 0) is 44.0 Å². The van der Waals surface area contributed by atoms with Crippen molar-refractivity contribution in [2.45, 2.75) is 33.2 Å². The highest BCUT2D eigenvalue weighted by Gasteiger charge is 2.15. The van der Waals surface area contributed by atoms with Crippen LogP contribution in [0, 0.1) is 23.7 Å². The molecule has 5 nitrogen and oxygen atoms in total. The lowest BCUT2D eigenvalue weighted by molar-refractivity contribution is -0.117. The van der Waals surface area contributed by atoms with E-state index in [2.05, 4.69) is 11.2 Å². The summed E-state index contributed by atoms with van der Waals surface area (Å²) in [6.07, 6.45) is 7.43. The number of benzene rings is 1. The molecule has 1 amide bonds. The SMILES string of the molecule is C#CCOc1c(Cl)cc(/C=C(\C#N)C(=O)N[C@@H](C)CC)cc1OCC. The van der Waals surface area contributed by atoms with Crippen molar-refractivity contribution in [2.24, 2.45) is 0 Å². The van der Waals surface area contributed by atoms with E-state index in [0.717, 1.165) is 6.42 Å². The van der Waals surface area contributed by atoms with E-state index >= 15 is 0 Å². The first kappa shape index (κ1) is 20.4. The van der Waals surface area contributed by atoms with Crippen LogP contribution >= 0.6 is 11.6 Å². The number of hydrogen-bond acceptors (Lipinski definition) is 4. The van der Waals surface area contributed by atoms with Crippen LogP contribution in [0.15, 0.2) is 17.7 Å². The normalized spacial score (nSPS) is 11.8. The van der Waals surface area contributed by atoms with Gasteiger partial charge in [-0.25, -0.2) is 0 Å². The second kappa shape index (κ2) is 10.3. The zero-order valence-electron chi connectivity index (χ0n) is 14.6. The van der Waals surface area contributed by atoms with Gasteiger partial charge < -0.3 is 14.8 Å². The zero-order chi connectivity index (χ0) is 18.8. The van der Waals surface area contributed by atoms with Crippen molar-refractivity contribution < 1.29 is 14.3 Å². The van der Waals surface area contributed by atoms with E-state index in [1.54, 1.807) is 12.1 Å². The predicted molar refractivity (Wildman–Crippen MR) is 98.4 cm³/mol. The third kappa shape index (κ3) is 6.06. The largest absolute Gasteiger partial charge is 0.490 e. The number of carbonyl (C=O) groups is 1. The fourth-order valence-corrected chi connectivity index (χ4v) is 2.18. The number of rotatable bonds is 8. The summed E-state index contributed by atoms with van der Waals surface area (Å²) in [7, 11) is 0. The highest BCUT2D eigenvalue weighted by atomic mass is 35.5. The molecule has 1 N–H and O–H groups in total. The fourth-order valence-electron chi connectivity index (χ4n) is 1.91. The first-order valence-electron chi connectivity index (χ1n) is 7.92. The molecule has 0 aliphatic heterocycles. The van der Waals surface area contributed by atoms with Crippen LogP contribution in [0.3, 0.4) is 0 Å². The Hall–Kier alpha value is -2.63. The Bertz CT molecular complexity index is 729. The molecule has 6 heteroatoms. The lowest BCUT2D eigenvalue weighted by Crippen LogP contribution is -2.32. The van der Waals surface area contributed by atoms with Gasteiger partial charge in [-0.15, -0.1) is 6.42 Å². The molecule has 0 fully saturated rings. The van der Waals surface area contributed by atoms with E-state index in [1.807, 2.05) is 26.8 Å². The molecule has 132 valence electrons. The minimum Gasteiger partial charge on any atom is -0.490 e. The zero-order valence-corrected chi connectivity index (χ0v) is 15.3. The Kier molecular flexibility index (Phi) is 8.39. The predicted octanol–water partition coefficient (Wildman–Crippen LogP) is 3.57. The van der Waals surface area contributed by atoms with Crippen LogP contribution in [-0.2, 0) is 4.79 Å². The third-order valence-electron chi connectivity index (χ3n) is 3.30. The molecule has 1 aromatic carbocycles. The highest BCUT2D eigenvalue weighted by molar-refractivity contribution is 6.32. The van der Waals surface area contributed by atoms with E-state index in [1.165, 1.54) is 6.08 Å². The number of carbonyl (C=O) groups excluding carboxylic acids is 1. The van der Waals surface area contributed by atoms with Gasteiger partial charge in [0.05, 0.1) is 11.6 Å². The van der Waals surface area contributed by atoms with Crippen molar-refractivity contribution in [1.82, 2.24) is 5.32 Å². The molecule has 0 aliphatic carbocycles. The number of hydrogen-bond donors (Lipinski definition) is 1. The standard InChI is InChI=1S/C19H21ClN2O3/c1-5-8-25-18-16(20)10-14(11-17(18)24-7-3)9-15(12-21)19(23)22-13(4)6-2/h1,9-11,13H,6-8H2,2-4H3,(H,22,23)/b15-9+/t13-/m0/s1. The summed E-state index contributed by atoms with van der Waals surface area (Å²) in [6, 6.07) is 5.12. The van der Waals surface area contributed by atoms with Gasteiger partial charge in [-0.1, -0.05) is 24.4 Å². The van der Waals surface area contributed by atoms with Crippen molar-refractivity contribution in [3.05, 3.63) is 28.3 Å². The molecule has 25 heavy (non-hydrogen) atoms.